The Hall–Kier alpha value is -1.51. The molecule has 1 atom stereocenters. The lowest BCUT2D eigenvalue weighted by Gasteiger charge is -2.33. The Morgan fingerprint density at radius 1 is 1.56 bits per heavy atom. The summed E-state index contributed by atoms with van der Waals surface area (Å²) in [6, 6.07) is 0. The maximum Gasteiger partial charge on any atom is 0.134 e. The lowest BCUT2D eigenvalue weighted by atomic mass is 9.95. The summed E-state index contributed by atoms with van der Waals surface area (Å²) >= 11 is 0. The Labute approximate surface area is 111 Å². The van der Waals surface area contributed by atoms with Gasteiger partial charge in [0, 0.05) is 30.2 Å². The number of likely N-dealkylation sites (tertiary alicyclic amines) is 1. The van der Waals surface area contributed by atoms with Crippen LogP contribution in [0, 0.1) is 5.92 Å². The van der Waals surface area contributed by atoms with Crippen LogP contribution in [-0.4, -0.2) is 21.4 Å². The smallest absolute Gasteiger partial charge is 0.134 e. The molecule has 3 nitrogen and oxygen atoms in total. The van der Waals surface area contributed by atoms with Crippen LogP contribution in [0.25, 0.3) is 5.57 Å². The summed E-state index contributed by atoms with van der Waals surface area (Å²) in [5.74, 6) is 1.71. The monoisotopic (exact) mass is 247 g/mol. The normalized spacial score (nSPS) is 22.0. The first kappa shape index (κ1) is 14.6. The van der Waals surface area contributed by atoms with Crippen molar-refractivity contribution < 1.29 is 0 Å². The molecule has 2 rings (SSSR count). The molecule has 0 radical (unpaired) electrons. The SMILES string of the molecule is C=CN1CC(C)CC/C1=C(/C)c1ncc[nH]1.CC. The molecule has 0 saturated carbocycles. The lowest BCUT2D eigenvalue weighted by molar-refractivity contribution is 0.305. The zero-order valence-corrected chi connectivity index (χ0v) is 12.0. The molecule has 1 N–H and O–H groups in total. The Morgan fingerprint density at radius 2 is 2.28 bits per heavy atom. The Kier molecular flexibility index (Phi) is 5.69. The Balaban J connectivity index is 0.000000771. The molecule has 2 heterocycles. The third-order valence-electron chi connectivity index (χ3n) is 3.24. The first-order valence-corrected chi connectivity index (χ1v) is 6.81. The van der Waals surface area contributed by atoms with Crippen LogP contribution in [0.1, 0.15) is 46.4 Å². The standard InChI is InChI=1S/C13H19N3.C2H6/c1-4-16-9-10(2)5-6-12(16)11(3)13-14-7-8-15-13;1-2/h4,7-8,10H,1,5-6,9H2,2-3H3,(H,14,15);1-2H3/b12-11+;. The molecule has 1 aromatic heterocycles. The lowest BCUT2D eigenvalue weighted by Crippen LogP contribution is -2.28. The Morgan fingerprint density at radius 3 is 2.83 bits per heavy atom. The van der Waals surface area contributed by atoms with Crippen molar-refractivity contribution in [3.05, 3.63) is 36.7 Å². The first-order valence-electron chi connectivity index (χ1n) is 6.81. The highest BCUT2D eigenvalue weighted by molar-refractivity contribution is 5.61. The molecule has 100 valence electrons. The molecule has 0 spiro atoms. The van der Waals surface area contributed by atoms with E-state index in [-0.39, 0.29) is 0 Å². The number of aromatic nitrogens is 2. The highest BCUT2D eigenvalue weighted by atomic mass is 15.1. The van der Waals surface area contributed by atoms with E-state index in [1.807, 2.05) is 26.2 Å². The fraction of sp³-hybridized carbons (Fsp3) is 0.533. The molecule has 0 aromatic carbocycles. The number of aromatic amines is 1. The van der Waals surface area contributed by atoms with Crippen molar-refractivity contribution in [3.63, 3.8) is 0 Å². The van der Waals surface area contributed by atoms with Crippen molar-refractivity contribution in [1.82, 2.24) is 14.9 Å². The van der Waals surface area contributed by atoms with Crippen molar-refractivity contribution in [2.45, 2.75) is 40.5 Å². The summed E-state index contributed by atoms with van der Waals surface area (Å²) < 4.78 is 0. The zero-order valence-electron chi connectivity index (χ0n) is 12.0. The minimum Gasteiger partial charge on any atom is -0.351 e. The molecule has 1 saturated heterocycles. The highest BCUT2D eigenvalue weighted by Gasteiger charge is 2.20. The van der Waals surface area contributed by atoms with E-state index in [2.05, 4.69) is 35.3 Å². The number of rotatable bonds is 2. The average Bonchev–Trinajstić information content (AvgIpc) is 2.94. The maximum absolute atomic E-state index is 4.30. The number of allylic oxidation sites excluding steroid dienone is 2. The molecule has 0 aliphatic carbocycles. The minimum absolute atomic E-state index is 0.742. The number of H-pyrrole nitrogens is 1. The van der Waals surface area contributed by atoms with Crippen molar-refractivity contribution in [2.24, 2.45) is 5.92 Å². The van der Waals surface area contributed by atoms with Crippen LogP contribution in [0.4, 0.5) is 0 Å². The number of hydrogen-bond donors (Lipinski definition) is 1. The summed E-state index contributed by atoms with van der Waals surface area (Å²) in [6.07, 6.45) is 7.95. The largest absolute Gasteiger partial charge is 0.351 e. The van der Waals surface area contributed by atoms with Gasteiger partial charge in [0.15, 0.2) is 0 Å². The first-order chi connectivity index (χ1) is 8.72. The van der Waals surface area contributed by atoms with Gasteiger partial charge in [0.05, 0.1) is 0 Å². The summed E-state index contributed by atoms with van der Waals surface area (Å²) in [5.41, 5.74) is 2.58. The molecule has 0 bridgehead atoms. The van der Waals surface area contributed by atoms with Crippen LogP contribution in [-0.2, 0) is 0 Å². The molecule has 1 aliphatic rings. The van der Waals surface area contributed by atoms with Crippen LogP contribution in [0.2, 0.25) is 0 Å². The van der Waals surface area contributed by atoms with Gasteiger partial charge >= 0.3 is 0 Å². The second-order valence-corrected chi connectivity index (χ2v) is 4.49. The number of imidazole rings is 1. The highest BCUT2D eigenvalue weighted by Crippen LogP contribution is 2.29. The van der Waals surface area contributed by atoms with Gasteiger partial charge in [-0.3, -0.25) is 0 Å². The number of nitrogens with one attached hydrogen (secondary N) is 1. The van der Waals surface area contributed by atoms with Crippen LogP contribution in [0.3, 0.4) is 0 Å². The van der Waals surface area contributed by atoms with E-state index < -0.39 is 0 Å². The second-order valence-electron chi connectivity index (χ2n) is 4.49. The molecule has 1 fully saturated rings. The number of nitrogens with zero attached hydrogens (tertiary/aromatic N) is 2. The van der Waals surface area contributed by atoms with E-state index in [9.17, 15) is 0 Å². The van der Waals surface area contributed by atoms with E-state index in [0.717, 1.165) is 24.7 Å². The second kappa shape index (κ2) is 7.04. The van der Waals surface area contributed by atoms with Crippen LogP contribution in [0.15, 0.2) is 30.9 Å². The van der Waals surface area contributed by atoms with E-state index in [1.54, 1.807) is 6.20 Å². The summed E-state index contributed by atoms with van der Waals surface area (Å²) in [4.78, 5) is 9.72. The van der Waals surface area contributed by atoms with Gasteiger partial charge in [-0.1, -0.05) is 27.4 Å². The molecule has 1 aliphatic heterocycles. The molecule has 0 amide bonds. The van der Waals surface area contributed by atoms with Gasteiger partial charge in [-0.2, -0.15) is 0 Å². The number of piperidine rings is 1. The third-order valence-corrected chi connectivity index (χ3v) is 3.24. The van der Waals surface area contributed by atoms with Gasteiger partial charge in [0.2, 0.25) is 0 Å². The van der Waals surface area contributed by atoms with Crippen molar-refractivity contribution in [3.8, 4) is 0 Å². The molecule has 1 aromatic rings. The van der Waals surface area contributed by atoms with E-state index in [4.69, 9.17) is 0 Å². The Bertz CT molecular complexity index is 390. The van der Waals surface area contributed by atoms with Gasteiger partial charge in [0.1, 0.15) is 5.82 Å². The molecule has 18 heavy (non-hydrogen) atoms. The number of hydrogen-bond acceptors (Lipinski definition) is 2. The summed E-state index contributed by atoms with van der Waals surface area (Å²) in [6.45, 7) is 13.4. The van der Waals surface area contributed by atoms with Crippen molar-refractivity contribution in [1.29, 1.82) is 0 Å². The van der Waals surface area contributed by atoms with Crippen LogP contribution < -0.4 is 0 Å². The average molecular weight is 247 g/mol. The van der Waals surface area contributed by atoms with Gasteiger partial charge in [-0.05, 0) is 31.9 Å². The predicted octanol–water partition coefficient (Wildman–Crippen LogP) is 4.04. The molecule has 1 unspecified atom stereocenters. The maximum atomic E-state index is 4.30. The third kappa shape index (κ3) is 3.25. The van der Waals surface area contributed by atoms with E-state index >= 15 is 0 Å². The van der Waals surface area contributed by atoms with Crippen molar-refractivity contribution in [2.75, 3.05) is 6.54 Å². The molecular formula is C15H25N3. The fourth-order valence-corrected chi connectivity index (χ4v) is 2.26. The summed E-state index contributed by atoms with van der Waals surface area (Å²) in [7, 11) is 0. The van der Waals surface area contributed by atoms with E-state index in [0.29, 0.717) is 0 Å². The minimum atomic E-state index is 0.742. The van der Waals surface area contributed by atoms with Crippen molar-refractivity contribution >= 4 is 5.57 Å². The molecule has 3 heteroatoms. The predicted molar refractivity (Wildman–Crippen MR) is 77.8 cm³/mol. The zero-order chi connectivity index (χ0) is 13.5. The van der Waals surface area contributed by atoms with Crippen LogP contribution in [0.5, 0.6) is 0 Å². The van der Waals surface area contributed by atoms with Gasteiger partial charge < -0.3 is 9.88 Å². The fourth-order valence-electron chi connectivity index (χ4n) is 2.26. The topological polar surface area (TPSA) is 31.9 Å². The van der Waals surface area contributed by atoms with Crippen LogP contribution >= 0.6 is 0 Å². The van der Waals surface area contributed by atoms with E-state index in [1.165, 1.54) is 17.7 Å². The quantitative estimate of drug-likeness (QED) is 0.855. The van der Waals surface area contributed by atoms with Gasteiger partial charge in [0.25, 0.3) is 0 Å². The van der Waals surface area contributed by atoms with Gasteiger partial charge in [-0.15, -0.1) is 0 Å². The molecular weight excluding hydrogens is 222 g/mol. The summed E-state index contributed by atoms with van der Waals surface area (Å²) in [5, 5.41) is 0. The van der Waals surface area contributed by atoms with Gasteiger partial charge in [-0.25, -0.2) is 4.98 Å².